The monoisotopic (exact) mass is 436 g/mol. The number of pyridine rings is 1. The number of hydrogen-bond donors (Lipinski definition) is 1. The molecule has 1 amide bonds. The molecule has 2 aromatic heterocycles. The minimum absolute atomic E-state index is 0.0209. The zero-order valence-corrected chi connectivity index (χ0v) is 18.8. The first-order valence-electron chi connectivity index (χ1n) is 10.5. The summed E-state index contributed by atoms with van der Waals surface area (Å²) in [5.41, 5.74) is 3.24. The standard InChI is InChI=1S/C23H28N6OS/c1-18-5-3-4-6-20(18)29-10-9-24-23(29)31-17-22(30)26-16-19-7-8-21(25-15-19)28-13-11-27(2)12-14-28/h3-10,15H,11-14,16-17H2,1-2H3,(H,26,30). The molecule has 3 heterocycles. The van der Waals surface area contributed by atoms with Crippen molar-refractivity contribution in [2.75, 3.05) is 43.9 Å². The van der Waals surface area contributed by atoms with E-state index >= 15 is 0 Å². The van der Waals surface area contributed by atoms with Gasteiger partial charge in [0.25, 0.3) is 0 Å². The zero-order chi connectivity index (χ0) is 21.6. The third kappa shape index (κ3) is 5.45. The van der Waals surface area contributed by atoms with Crippen molar-refractivity contribution in [3.8, 4) is 5.69 Å². The third-order valence-electron chi connectivity index (χ3n) is 5.44. The molecule has 31 heavy (non-hydrogen) atoms. The van der Waals surface area contributed by atoms with Gasteiger partial charge >= 0.3 is 0 Å². The van der Waals surface area contributed by atoms with Crippen LogP contribution in [0.5, 0.6) is 0 Å². The van der Waals surface area contributed by atoms with E-state index in [-0.39, 0.29) is 5.91 Å². The molecule has 1 N–H and O–H groups in total. The van der Waals surface area contributed by atoms with Crippen LogP contribution < -0.4 is 10.2 Å². The second-order valence-electron chi connectivity index (χ2n) is 7.75. The van der Waals surface area contributed by atoms with Crippen LogP contribution in [0, 0.1) is 6.92 Å². The molecule has 1 saturated heterocycles. The Kier molecular flexibility index (Phi) is 6.89. The van der Waals surface area contributed by atoms with E-state index in [1.54, 1.807) is 6.20 Å². The Morgan fingerprint density at radius 3 is 2.65 bits per heavy atom. The largest absolute Gasteiger partial charge is 0.354 e. The zero-order valence-electron chi connectivity index (χ0n) is 18.0. The Morgan fingerprint density at radius 1 is 1.10 bits per heavy atom. The highest BCUT2D eigenvalue weighted by atomic mass is 32.2. The molecule has 8 heteroatoms. The highest BCUT2D eigenvalue weighted by Gasteiger charge is 2.15. The fourth-order valence-electron chi connectivity index (χ4n) is 3.54. The van der Waals surface area contributed by atoms with Crippen LogP contribution in [-0.2, 0) is 11.3 Å². The van der Waals surface area contributed by atoms with Gasteiger partial charge in [-0.2, -0.15) is 0 Å². The maximum absolute atomic E-state index is 12.4. The highest BCUT2D eigenvalue weighted by Crippen LogP contribution is 2.22. The summed E-state index contributed by atoms with van der Waals surface area (Å²) in [5.74, 6) is 1.30. The first-order chi connectivity index (χ1) is 15.1. The number of para-hydroxylation sites is 1. The van der Waals surface area contributed by atoms with E-state index in [9.17, 15) is 4.79 Å². The molecule has 162 valence electrons. The molecule has 1 aromatic carbocycles. The Hall–Kier alpha value is -2.84. The van der Waals surface area contributed by atoms with Gasteiger partial charge in [-0.15, -0.1) is 0 Å². The van der Waals surface area contributed by atoms with Crippen molar-refractivity contribution >= 4 is 23.5 Å². The number of aromatic nitrogens is 3. The van der Waals surface area contributed by atoms with Gasteiger partial charge in [0.05, 0.1) is 11.4 Å². The molecule has 0 spiro atoms. The van der Waals surface area contributed by atoms with Gasteiger partial charge in [0.15, 0.2) is 5.16 Å². The number of benzene rings is 1. The molecule has 0 saturated carbocycles. The number of nitrogens with one attached hydrogen (secondary N) is 1. The molecular formula is C23H28N6OS. The second-order valence-corrected chi connectivity index (χ2v) is 8.69. The molecule has 3 aromatic rings. The van der Waals surface area contributed by atoms with Gasteiger partial charge in [-0.05, 0) is 37.2 Å². The number of imidazole rings is 1. The highest BCUT2D eigenvalue weighted by molar-refractivity contribution is 7.99. The summed E-state index contributed by atoms with van der Waals surface area (Å²) in [5, 5.41) is 3.79. The van der Waals surface area contributed by atoms with Gasteiger partial charge in [-0.25, -0.2) is 9.97 Å². The number of likely N-dealkylation sites (N-methyl/N-ethyl adjacent to an activating group) is 1. The van der Waals surface area contributed by atoms with Crippen LogP contribution in [0.2, 0.25) is 0 Å². The molecule has 1 aliphatic heterocycles. The van der Waals surface area contributed by atoms with Crippen molar-refractivity contribution in [2.24, 2.45) is 0 Å². The van der Waals surface area contributed by atoms with E-state index in [0.717, 1.165) is 48.4 Å². The minimum Gasteiger partial charge on any atom is -0.354 e. The Bertz CT molecular complexity index is 1010. The number of amides is 1. The van der Waals surface area contributed by atoms with Crippen molar-refractivity contribution in [1.82, 2.24) is 24.8 Å². The summed E-state index contributed by atoms with van der Waals surface area (Å²) in [6, 6.07) is 12.2. The molecule has 0 aliphatic carbocycles. The lowest BCUT2D eigenvalue weighted by Gasteiger charge is -2.33. The molecule has 7 nitrogen and oxygen atoms in total. The number of thioether (sulfide) groups is 1. The van der Waals surface area contributed by atoms with E-state index in [1.165, 1.54) is 17.3 Å². The number of aryl methyl sites for hydroxylation is 1. The Labute approximate surface area is 187 Å². The second kappa shape index (κ2) is 9.98. The van der Waals surface area contributed by atoms with Crippen molar-refractivity contribution in [2.45, 2.75) is 18.6 Å². The van der Waals surface area contributed by atoms with Crippen molar-refractivity contribution in [3.05, 3.63) is 66.1 Å². The minimum atomic E-state index is -0.0209. The number of nitrogens with zero attached hydrogens (tertiary/aromatic N) is 5. The molecule has 0 bridgehead atoms. The van der Waals surface area contributed by atoms with Gasteiger partial charge in [-0.3, -0.25) is 9.36 Å². The normalized spacial score (nSPS) is 14.6. The lowest BCUT2D eigenvalue weighted by atomic mass is 10.2. The smallest absolute Gasteiger partial charge is 0.230 e. The number of rotatable bonds is 7. The fraction of sp³-hybridized carbons (Fsp3) is 0.348. The van der Waals surface area contributed by atoms with Gasteiger partial charge in [0.1, 0.15) is 5.82 Å². The van der Waals surface area contributed by atoms with Gasteiger partial charge < -0.3 is 15.1 Å². The summed E-state index contributed by atoms with van der Waals surface area (Å²) in [6.07, 6.45) is 5.54. The molecule has 1 aliphatic rings. The van der Waals surface area contributed by atoms with Crippen LogP contribution in [0.4, 0.5) is 5.82 Å². The Morgan fingerprint density at radius 2 is 1.90 bits per heavy atom. The van der Waals surface area contributed by atoms with Crippen LogP contribution in [0.25, 0.3) is 5.69 Å². The molecule has 0 radical (unpaired) electrons. The average Bonchev–Trinajstić information content (AvgIpc) is 3.26. The number of carbonyl (C=O) groups excluding carboxylic acids is 1. The molecular weight excluding hydrogens is 408 g/mol. The quantitative estimate of drug-likeness (QED) is 0.575. The number of anilines is 1. The van der Waals surface area contributed by atoms with Crippen LogP contribution >= 0.6 is 11.8 Å². The van der Waals surface area contributed by atoms with Crippen LogP contribution in [0.3, 0.4) is 0 Å². The van der Waals surface area contributed by atoms with Crippen LogP contribution in [0.1, 0.15) is 11.1 Å². The van der Waals surface area contributed by atoms with E-state index < -0.39 is 0 Å². The summed E-state index contributed by atoms with van der Waals surface area (Å²) < 4.78 is 2.02. The summed E-state index contributed by atoms with van der Waals surface area (Å²) in [6.45, 7) is 6.64. The van der Waals surface area contributed by atoms with E-state index in [1.807, 2.05) is 41.2 Å². The molecule has 0 atom stereocenters. The summed E-state index contributed by atoms with van der Waals surface area (Å²) >= 11 is 1.44. The van der Waals surface area contributed by atoms with Gasteiger partial charge in [-0.1, -0.05) is 36.0 Å². The third-order valence-corrected chi connectivity index (χ3v) is 6.41. The van der Waals surface area contributed by atoms with Crippen molar-refractivity contribution in [3.63, 3.8) is 0 Å². The van der Waals surface area contributed by atoms with E-state index in [2.05, 4.69) is 51.2 Å². The average molecular weight is 437 g/mol. The molecule has 1 fully saturated rings. The predicted molar refractivity (Wildman–Crippen MR) is 125 cm³/mol. The maximum atomic E-state index is 12.4. The number of hydrogen-bond acceptors (Lipinski definition) is 6. The maximum Gasteiger partial charge on any atom is 0.230 e. The van der Waals surface area contributed by atoms with Gasteiger partial charge in [0.2, 0.25) is 5.91 Å². The van der Waals surface area contributed by atoms with E-state index in [4.69, 9.17) is 0 Å². The topological polar surface area (TPSA) is 66.3 Å². The van der Waals surface area contributed by atoms with E-state index in [0.29, 0.717) is 12.3 Å². The van der Waals surface area contributed by atoms with Gasteiger partial charge in [0, 0.05) is 51.3 Å². The molecule has 4 rings (SSSR count). The van der Waals surface area contributed by atoms with Crippen molar-refractivity contribution < 1.29 is 4.79 Å². The Balaban J connectivity index is 1.27. The lowest BCUT2D eigenvalue weighted by molar-refractivity contribution is -0.118. The summed E-state index contributed by atoms with van der Waals surface area (Å²) in [4.78, 5) is 26.0. The SMILES string of the molecule is Cc1ccccc1-n1ccnc1SCC(=O)NCc1ccc(N2CCN(C)CC2)nc1. The fourth-order valence-corrected chi connectivity index (χ4v) is 4.34. The van der Waals surface area contributed by atoms with Crippen molar-refractivity contribution in [1.29, 1.82) is 0 Å². The lowest BCUT2D eigenvalue weighted by Crippen LogP contribution is -2.44. The van der Waals surface area contributed by atoms with Crippen LogP contribution in [0.15, 0.2) is 60.1 Å². The first-order valence-corrected chi connectivity index (χ1v) is 11.5. The predicted octanol–water partition coefficient (Wildman–Crippen LogP) is 2.74. The summed E-state index contributed by atoms with van der Waals surface area (Å²) in [7, 11) is 2.14. The molecule has 0 unspecified atom stereocenters. The number of piperazine rings is 1. The number of carbonyl (C=O) groups is 1. The first kappa shape index (κ1) is 21.4. The van der Waals surface area contributed by atoms with Crippen LogP contribution in [-0.4, -0.2) is 64.3 Å².